The van der Waals surface area contributed by atoms with Crippen molar-refractivity contribution in [1.29, 1.82) is 5.26 Å². The van der Waals surface area contributed by atoms with Crippen LogP contribution in [0.2, 0.25) is 0 Å². The van der Waals surface area contributed by atoms with Crippen LogP contribution in [0.5, 0.6) is 0 Å². The number of rotatable bonds is 2. The Balaban J connectivity index is 3.51. The molecule has 0 heterocycles. The van der Waals surface area contributed by atoms with E-state index in [0.717, 1.165) is 5.92 Å². The quantitative estimate of drug-likeness (QED) is 0.611. The lowest BCUT2D eigenvalue weighted by Crippen LogP contribution is -2.00. The first kappa shape index (κ1) is 11.7. The van der Waals surface area contributed by atoms with Gasteiger partial charge in [-0.15, -0.1) is 0 Å². The van der Waals surface area contributed by atoms with E-state index in [1.54, 1.807) is 19.9 Å². The zero-order valence-corrected chi connectivity index (χ0v) is 9.83. The van der Waals surface area contributed by atoms with E-state index in [4.69, 9.17) is 5.26 Å². The van der Waals surface area contributed by atoms with Gasteiger partial charge in [0.15, 0.2) is 0 Å². The molecule has 0 amide bonds. The monoisotopic (exact) mass is 267 g/mol. The minimum absolute atomic E-state index is 0.0408. The average molecular weight is 268 g/mol. The Labute approximate surface area is 95.8 Å². The summed E-state index contributed by atoms with van der Waals surface area (Å²) >= 11 is 3.23. The number of nitro benzene ring substituents is 1. The molecule has 77 valence electrons. The number of benzene rings is 1. The van der Waals surface area contributed by atoms with Gasteiger partial charge in [-0.2, -0.15) is 5.26 Å². The molecule has 0 saturated carbocycles. The van der Waals surface area contributed by atoms with Crippen molar-refractivity contribution in [2.75, 3.05) is 0 Å². The van der Waals surface area contributed by atoms with Gasteiger partial charge in [-0.3, -0.25) is 10.1 Å². The van der Waals surface area contributed by atoms with Crippen LogP contribution in [0.25, 0.3) is 0 Å². The molecule has 0 aromatic heterocycles. The molecule has 0 saturated heterocycles. The van der Waals surface area contributed by atoms with Crippen molar-refractivity contribution < 1.29 is 4.92 Å². The Morgan fingerprint density at radius 1 is 1.53 bits per heavy atom. The van der Waals surface area contributed by atoms with E-state index in [1.807, 2.05) is 6.07 Å². The number of nitrogens with zero attached hydrogens (tertiary/aromatic N) is 2. The van der Waals surface area contributed by atoms with Gasteiger partial charge in [0.25, 0.3) is 5.69 Å². The smallest absolute Gasteiger partial charge is 0.258 e. The summed E-state index contributed by atoms with van der Waals surface area (Å²) in [5.41, 5.74) is 0.776. The SMILES string of the molecule is C[C](C)c1c(Br)cc(C#N)cc1[N+](=O)[O-]. The molecule has 1 aromatic rings. The topological polar surface area (TPSA) is 66.9 Å². The molecule has 0 aliphatic rings. The van der Waals surface area contributed by atoms with Crippen LogP contribution in [0.3, 0.4) is 0 Å². The zero-order chi connectivity index (χ0) is 11.6. The summed E-state index contributed by atoms with van der Waals surface area (Å²) in [5, 5.41) is 19.5. The third-order valence-corrected chi connectivity index (χ3v) is 2.52. The highest BCUT2D eigenvalue weighted by Gasteiger charge is 2.21. The molecule has 0 aliphatic carbocycles. The van der Waals surface area contributed by atoms with Gasteiger partial charge in [0.05, 0.1) is 22.1 Å². The van der Waals surface area contributed by atoms with Crippen molar-refractivity contribution in [2.24, 2.45) is 0 Å². The van der Waals surface area contributed by atoms with Crippen LogP contribution in [-0.2, 0) is 0 Å². The van der Waals surface area contributed by atoms with Crippen molar-refractivity contribution in [2.45, 2.75) is 13.8 Å². The van der Waals surface area contributed by atoms with Gasteiger partial charge in [-0.05, 0) is 6.07 Å². The predicted octanol–water partition coefficient (Wildman–Crippen LogP) is 3.19. The molecule has 0 aliphatic heterocycles. The Hall–Kier alpha value is -1.41. The molecule has 0 fully saturated rings. The van der Waals surface area contributed by atoms with E-state index in [1.165, 1.54) is 6.07 Å². The summed E-state index contributed by atoms with van der Waals surface area (Å²) in [6.07, 6.45) is 0. The van der Waals surface area contributed by atoms with Crippen molar-refractivity contribution in [1.82, 2.24) is 0 Å². The molecular weight excluding hydrogens is 260 g/mol. The number of hydrogen-bond donors (Lipinski definition) is 0. The first-order chi connectivity index (χ1) is 6.97. The van der Waals surface area contributed by atoms with Crippen LogP contribution in [-0.4, -0.2) is 4.92 Å². The highest BCUT2D eigenvalue weighted by Crippen LogP contribution is 2.33. The number of nitro groups is 1. The molecule has 1 aromatic carbocycles. The van der Waals surface area contributed by atoms with Gasteiger partial charge in [-0.25, -0.2) is 0 Å². The standard InChI is InChI=1S/C10H8BrN2O2/c1-6(2)10-8(11)3-7(5-12)4-9(10)13(14)15/h3-4H,1-2H3. The maximum atomic E-state index is 10.8. The Morgan fingerprint density at radius 2 is 2.13 bits per heavy atom. The van der Waals surface area contributed by atoms with Crippen molar-refractivity contribution in [3.63, 3.8) is 0 Å². The molecule has 1 radical (unpaired) electrons. The molecule has 0 atom stereocenters. The van der Waals surface area contributed by atoms with Crippen molar-refractivity contribution >= 4 is 21.6 Å². The molecule has 4 nitrogen and oxygen atoms in total. The summed E-state index contributed by atoms with van der Waals surface area (Å²) in [4.78, 5) is 10.3. The highest BCUT2D eigenvalue weighted by atomic mass is 79.9. The maximum absolute atomic E-state index is 10.8. The second-order valence-corrected chi connectivity index (χ2v) is 4.08. The second-order valence-electron chi connectivity index (χ2n) is 3.22. The molecule has 0 unspecified atom stereocenters. The van der Waals surface area contributed by atoms with Crippen LogP contribution >= 0.6 is 15.9 Å². The van der Waals surface area contributed by atoms with Crippen molar-refractivity contribution in [3.8, 4) is 6.07 Å². The van der Waals surface area contributed by atoms with E-state index in [-0.39, 0.29) is 11.3 Å². The Morgan fingerprint density at radius 3 is 2.53 bits per heavy atom. The normalized spacial score (nSPS) is 10.1. The van der Waals surface area contributed by atoms with E-state index in [9.17, 15) is 10.1 Å². The number of halogens is 1. The van der Waals surface area contributed by atoms with Gasteiger partial charge in [0, 0.05) is 16.5 Å². The lowest BCUT2D eigenvalue weighted by Gasteiger charge is -2.08. The van der Waals surface area contributed by atoms with Crippen LogP contribution in [0.4, 0.5) is 5.69 Å². The van der Waals surface area contributed by atoms with Gasteiger partial charge in [0.2, 0.25) is 0 Å². The van der Waals surface area contributed by atoms with Gasteiger partial charge in [-0.1, -0.05) is 29.8 Å². The van der Waals surface area contributed by atoms with Gasteiger partial charge < -0.3 is 0 Å². The zero-order valence-electron chi connectivity index (χ0n) is 8.24. The van der Waals surface area contributed by atoms with E-state index < -0.39 is 4.92 Å². The third kappa shape index (κ3) is 2.34. The van der Waals surface area contributed by atoms with E-state index in [0.29, 0.717) is 10.0 Å². The molecule has 0 bridgehead atoms. The average Bonchev–Trinajstić information content (AvgIpc) is 2.15. The van der Waals surface area contributed by atoms with Crippen molar-refractivity contribution in [3.05, 3.63) is 43.8 Å². The molecule has 0 N–H and O–H groups in total. The van der Waals surface area contributed by atoms with E-state index >= 15 is 0 Å². The number of nitriles is 1. The van der Waals surface area contributed by atoms with Crippen LogP contribution in [0.15, 0.2) is 16.6 Å². The lowest BCUT2D eigenvalue weighted by molar-refractivity contribution is -0.385. The molecule has 15 heavy (non-hydrogen) atoms. The van der Waals surface area contributed by atoms with Crippen LogP contribution < -0.4 is 0 Å². The van der Waals surface area contributed by atoms with Crippen LogP contribution in [0.1, 0.15) is 25.0 Å². The van der Waals surface area contributed by atoms with Gasteiger partial charge >= 0.3 is 0 Å². The predicted molar refractivity (Wildman–Crippen MR) is 59.2 cm³/mol. The fourth-order valence-electron chi connectivity index (χ4n) is 1.30. The van der Waals surface area contributed by atoms with E-state index in [2.05, 4.69) is 15.9 Å². The number of hydrogen-bond acceptors (Lipinski definition) is 3. The highest BCUT2D eigenvalue weighted by molar-refractivity contribution is 9.10. The van der Waals surface area contributed by atoms with Gasteiger partial charge in [0.1, 0.15) is 0 Å². The minimum Gasteiger partial charge on any atom is -0.258 e. The Bertz CT molecular complexity index is 449. The second kappa shape index (κ2) is 4.41. The van der Waals surface area contributed by atoms with Crippen LogP contribution in [0, 0.1) is 27.4 Å². The summed E-state index contributed by atoms with van der Waals surface area (Å²) in [5.74, 6) is 0.832. The first-order valence-electron chi connectivity index (χ1n) is 4.16. The fraction of sp³-hybridized carbons (Fsp3) is 0.200. The molecule has 1 rings (SSSR count). The fourth-order valence-corrected chi connectivity index (χ4v) is 2.14. The summed E-state index contributed by atoms with van der Waals surface area (Å²) in [6, 6.07) is 4.75. The molecule has 0 spiro atoms. The molecule has 5 heteroatoms. The first-order valence-corrected chi connectivity index (χ1v) is 4.95. The summed E-state index contributed by atoms with van der Waals surface area (Å²) in [7, 11) is 0. The summed E-state index contributed by atoms with van der Waals surface area (Å²) in [6.45, 7) is 3.58. The minimum atomic E-state index is -0.478. The summed E-state index contributed by atoms with van der Waals surface area (Å²) < 4.78 is 0.577. The Kier molecular flexibility index (Phi) is 3.43. The third-order valence-electron chi connectivity index (χ3n) is 1.90. The molecular formula is C10H8BrN2O2. The largest absolute Gasteiger partial charge is 0.275 e. The maximum Gasteiger partial charge on any atom is 0.275 e. The lowest BCUT2D eigenvalue weighted by atomic mass is 9.99.